The second-order valence-corrected chi connectivity index (χ2v) is 7.37. The van der Waals surface area contributed by atoms with Gasteiger partial charge in [0, 0.05) is 57.5 Å². The van der Waals surface area contributed by atoms with Crippen molar-refractivity contribution in [2.45, 2.75) is 32.9 Å². The monoisotopic (exact) mass is 374 g/mol. The van der Waals surface area contributed by atoms with E-state index in [-0.39, 0.29) is 0 Å². The lowest BCUT2D eigenvalue weighted by atomic mass is 10.2. The number of nitrogens with zero attached hydrogens (tertiary/aromatic N) is 5. The maximum absolute atomic E-state index is 5.56. The van der Waals surface area contributed by atoms with Crippen molar-refractivity contribution in [2.75, 3.05) is 63.9 Å². The van der Waals surface area contributed by atoms with Gasteiger partial charge in [-0.3, -0.25) is 9.89 Å². The molecule has 1 aromatic rings. The molecule has 2 aliphatic heterocycles. The summed E-state index contributed by atoms with van der Waals surface area (Å²) in [5.74, 6) is 2.10. The number of piperazine rings is 1. The van der Waals surface area contributed by atoms with Gasteiger partial charge in [0.1, 0.15) is 5.82 Å². The first-order chi connectivity index (χ1) is 13.2. The van der Waals surface area contributed by atoms with E-state index in [1.54, 1.807) is 0 Å². The highest BCUT2D eigenvalue weighted by Crippen LogP contribution is 2.14. The van der Waals surface area contributed by atoms with Crippen LogP contribution in [0.4, 0.5) is 5.82 Å². The fourth-order valence-corrected chi connectivity index (χ4v) is 3.83. The lowest BCUT2D eigenvalue weighted by Gasteiger charge is -2.38. The number of anilines is 1. The Morgan fingerprint density at radius 1 is 1.30 bits per heavy atom. The van der Waals surface area contributed by atoms with Gasteiger partial charge in [0.2, 0.25) is 0 Å². The lowest BCUT2D eigenvalue weighted by molar-refractivity contribution is -0.0166. The molecule has 150 valence electrons. The maximum atomic E-state index is 5.56. The molecule has 3 heterocycles. The molecular formula is C20H34N6O. The molecule has 7 heteroatoms. The van der Waals surface area contributed by atoms with Crippen molar-refractivity contribution in [3.8, 4) is 0 Å². The third-order valence-electron chi connectivity index (χ3n) is 5.38. The van der Waals surface area contributed by atoms with Gasteiger partial charge in [-0.25, -0.2) is 4.98 Å². The highest BCUT2D eigenvalue weighted by molar-refractivity contribution is 5.80. The van der Waals surface area contributed by atoms with Crippen molar-refractivity contribution in [1.29, 1.82) is 0 Å². The summed E-state index contributed by atoms with van der Waals surface area (Å²) in [6.07, 6.45) is 1.86. The molecule has 0 bridgehead atoms. The molecule has 2 unspecified atom stereocenters. The minimum absolute atomic E-state index is 0.423. The van der Waals surface area contributed by atoms with Crippen molar-refractivity contribution in [3.05, 3.63) is 24.4 Å². The van der Waals surface area contributed by atoms with Gasteiger partial charge in [-0.1, -0.05) is 6.07 Å². The molecule has 0 radical (unpaired) electrons. The summed E-state index contributed by atoms with van der Waals surface area (Å²) >= 11 is 0. The van der Waals surface area contributed by atoms with Crippen LogP contribution in [0.5, 0.6) is 0 Å². The SMILES string of the molecule is CCNC(=NCC(C)N1CCOCC1C)N1CCN(c2ccccn2)CC1. The van der Waals surface area contributed by atoms with Gasteiger partial charge in [0.05, 0.1) is 19.8 Å². The number of nitrogens with one attached hydrogen (secondary N) is 1. The van der Waals surface area contributed by atoms with Crippen molar-refractivity contribution >= 4 is 11.8 Å². The Labute approximate surface area is 163 Å². The van der Waals surface area contributed by atoms with E-state index in [4.69, 9.17) is 9.73 Å². The highest BCUT2D eigenvalue weighted by Gasteiger charge is 2.24. The Kier molecular flexibility index (Phi) is 7.29. The summed E-state index contributed by atoms with van der Waals surface area (Å²) in [6, 6.07) is 6.99. The van der Waals surface area contributed by atoms with E-state index >= 15 is 0 Å². The first-order valence-corrected chi connectivity index (χ1v) is 10.2. The largest absolute Gasteiger partial charge is 0.379 e. The van der Waals surface area contributed by atoms with E-state index in [0.29, 0.717) is 12.1 Å². The molecule has 0 spiro atoms. The Bertz CT molecular complexity index is 587. The van der Waals surface area contributed by atoms with E-state index in [9.17, 15) is 0 Å². The van der Waals surface area contributed by atoms with Gasteiger partial charge in [-0.2, -0.15) is 0 Å². The van der Waals surface area contributed by atoms with Crippen LogP contribution in [0.1, 0.15) is 20.8 Å². The van der Waals surface area contributed by atoms with E-state index in [0.717, 1.165) is 70.8 Å². The summed E-state index contributed by atoms with van der Waals surface area (Å²) in [5.41, 5.74) is 0. The molecule has 2 fully saturated rings. The molecule has 7 nitrogen and oxygen atoms in total. The normalized spacial score (nSPS) is 23.4. The average Bonchev–Trinajstić information content (AvgIpc) is 2.72. The lowest BCUT2D eigenvalue weighted by Crippen LogP contribution is -2.53. The van der Waals surface area contributed by atoms with E-state index in [2.05, 4.69) is 51.8 Å². The molecule has 27 heavy (non-hydrogen) atoms. The Morgan fingerprint density at radius 2 is 2.11 bits per heavy atom. The van der Waals surface area contributed by atoms with Crippen LogP contribution in [0.15, 0.2) is 29.4 Å². The van der Waals surface area contributed by atoms with Gasteiger partial charge in [0.25, 0.3) is 0 Å². The molecule has 3 rings (SSSR count). The zero-order chi connectivity index (χ0) is 19.1. The van der Waals surface area contributed by atoms with Crippen LogP contribution in [-0.2, 0) is 4.74 Å². The van der Waals surface area contributed by atoms with Crippen LogP contribution in [0.2, 0.25) is 0 Å². The number of aliphatic imine (C=N–C) groups is 1. The number of aromatic nitrogens is 1. The highest BCUT2D eigenvalue weighted by atomic mass is 16.5. The molecule has 2 aliphatic rings. The first kappa shape index (κ1) is 19.9. The topological polar surface area (TPSA) is 56.2 Å². The molecular weight excluding hydrogens is 340 g/mol. The van der Waals surface area contributed by atoms with Gasteiger partial charge in [-0.05, 0) is 32.9 Å². The third kappa shape index (κ3) is 5.32. The molecule has 1 aromatic heterocycles. The van der Waals surface area contributed by atoms with Gasteiger partial charge >= 0.3 is 0 Å². The number of guanidine groups is 1. The van der Waals surface area contributed by atoms with Crippen LogP contribution in [0.3, 0.4) is 0 Å². The molecule has 0 aromatic carbocycles. The average molecular weight is 375 g/mol. The van der Waals surface area contributed by atoms with Crippen molar-refractivity contribution in [2.24, 2.45) is 4.99 Å². The molecule has 2 atom stereocenters. The molecule has 2 saturated heterocycles. The molecule has 0 amide bonds. The molecule has 1 N–H and O–H groups in total. The second kappa shape index (κ2) is 9.90. The number of hydrogen-bond acceptors (Lipinski definition) is 5. The smallest absolute Gasteiger partial charge is 0.194 e. The number of morpholine rings is 1. The van der Waals surface area contributed by atoms with Crippen molar-refractivity contribution in [3.63, 3.8) is 0 Å². The van der Waals surface area contributed by atoms with Crippen LogP contribution in [0, 0.1) is 0 Å². The first-order valence-electron chi connectivity index (χ1n) is 10.2. The fraction of sp³-hybridized carbons (Fsp3) is 0.700. The summed E-state index contributed by atoms with van der Waals surface area (Å²) in [6.45, 7) is 14.9. The van der Waals surface area contributed by atoms with Crippen LogP contribution < -0.4 is 10.2 Å². The zero-order valence-electron chi connectivity index (χ0n) is 17.0. The number of hydrogen-bond donors (Lipinski definition) is 1. The molecule has 0 aliphatic carbocycles. The van der Waals surface area contributed by atoms with Crippen molar-refractivity contribution in [1.82, 2.24) is 20.1 Å². The fourth-order valence-electron chi connectivity index (χ4n) is 3.83. The number of ether oxygens (including phenoxy) is 1. The summed E-state index contributed by atoms with van der Waals surface area (Å²) in [7, 11) is 0. The predicted octanol–water partition coefficient (Wildman–Crippen LogP) is 1.28. The molecule has 0 saturated carbocycles. The van der Waals surface area contributed by atoms with Gasteiger partial charge in [0.15, 0.2) is 5.96 Å². The zero-order valence-corrected chi connectivity index (χ0v) is 17.0. The third-order valence-corrected chi connectivity index (χ3v) is 5.38. The number of rotatable bonds is 5. The summed E-state index contributed by atoms with van der Waals surface area (Å²) in [4.78, 5) is 16.7. The summed E-state index contributed by atoms with van der Waals surface area (Å²) < 4.78 is 5.56. The maximum Gasteiger partial charge on any atom is 0.194 e. The van der Waals surface area contributed by atoms with Crippen LogP contribution in [0.25, 0.3) is 0 Å². The Morgan fingerprint density at radius 3 is 2.78 bits per heavy atom. The minimum atomic E-state index is 0.423. The number of pyridine rings is 1. The van der Waals surface area contributed by atoms with Gasteiger partial charge < -0.3 is 19.9 Å². The minimum Gasteiger partial charge on any atom is -0.379 e. The Hall–Kier alpha value is -1.86. The standard InChI is InChI=1S/C20H34N6O/c1-4-21-20(23-15-17(2)26-13-14-27-16-18(26)3)25-11-9-24(10-12-25)19-7-5-6-8-22-19/h5-8,17-18H,4,9-16H2,1-3H3,(H,21,23). The van der Waals surface area contributed by atoms with Crippen molar-refractivity contribution < 1.29 is 4.74 Å². The van der Waals surface area contributed by atoms with E-state index in [1.165, 1.54) is 0 Å². The van der Waals surface area contributed by atoms with Crippen LogP contribution >= 0.6 is 0 Å². The van der Waals surface area contributed by atoms with E-state index in [1.807, 2.05) is 18.3 Å². The van der Waals surface area contributed by atoms with Gasteiger partial charge in [-0.15, -0.1) is 0 Å². The summed E-state index contributed by atoms with van der Waals surface area (Å²) in [5, 5.41) is 3.48. The predicted molar refractivity (Wildman–Crippen MR) is 110 cm³/mol. The van der Waals surface area contributed by atoms with E-state index < -0.39 is 0 Å². The van der Waals surface area contributed by atoms with Crippen LogP contribution in [-0.4, -0.2) is 91.9 Å². The quantitative estimate of drug-likeness (QED) is 0.619. The Balaban J connectivity index is 1.56. The second-order valence-electron chi connectivity index (χ2n) is 7.37.